The molecule has 27 heavy (non-hydrogen) atoms. The molecule has 0 aliphatic heterocycles. The van der Waals surface area contributed by atoms with E-state index < -0.39 is 29.9 Å². The largest absolute Gasteiger partial charge is 0.451 e. The van der Waals surface area contributed by atoms with Gasteiger partial charge in [-0.2, -0.15) is 18.2 Å². The van der Waals surface area contributed by atoms with Gasteiger partial charge in [-0.1, -0.05) is 12.1 Å². The highest BCUT2D eigenvalue weighted by Gasteiger charge is 2.35. The molecule has 0 fully saturated rings. The number of hydrogen-bond donors (Lipinski definition) is 3. The van der Waals surface area contributed by atoms with Gasteiger partial charge in [0.25, 0.3) is 5.91 Å². The Morgan fingerprint density at radius 2 is 2.00 bits per heavy atom. The van der Waals surface area contributed by atoms with Gasteiger partial charge in [0.05, 0.1) is 5.56 Å². The van der Waals surface area contributed by atoms with Crippen molar-refractivity contribution in [3.63, 3.8) is 0 Å². The summed E-state index contributed by atoms with van der Waals surface area (Å²) in [5, 5.41) is 9.97. The summed E-state index contributed by atoms with van der Waals surface area (Å²) < 4.78 is 42.8. The van der Waals surface area contributed by atoms with Crippen molar-refractivity contribution < 1.29 is 27.5 Å². The second-order valence-corrected chi connectivity index (χ2v) is 5.35. The number of nitrogens with zero attached hydrogens (tertiary/aromatic N) is 3. The Morgan fingerprint density at radius 1 is 1.30 bits per heavy atom. The van der Waals surface area contributed by atoms with Gasteiger partial charge in [-0.15, -0.1) is 5.10 Å². The van der Waals surface area contributed by atoms with Gasteiger partial charge in [0, 0.05) is 20.1 Å². The number of aromatic nitrogens is 3. The monoisotopic (exact) mass is 386 g/mol. The van der Waals surface area contributed by atoms with Crippen LogP contribution in [0.4, 0.5) is 23.9 Å². The summed E-state index contributed by atoms with van der Waals surface area (Å²) >= 11 is 0. The summed E-state index contributed by atoms with van der Waals surface area (Å²) in [4.78, 5) is 28.8. The molecular formula is C15H17F3N6O3. The van der Waals surface area contributed by atoms with E-state index in [4.69, 9.17) is 4.74 Å². The van der Waals surface area contributed by atoms with Gasteiger partial charge < -0.3 is 15.0 Å². The summed E-state index contributed by atoms with van der Waals surface area (Å²) in [7, 11) is 3.25. The van der Waals surface area contributed by atoms with Crippen molar-refractivity contribution in [2.75, 3.05) is 32.5 Å². The van der Waals surface area contributed by atoms with Crippen molar-refractivity contribution in [1.82, 2.24) is 25.4 Å². The smallest absolute Gasteiger partial charge is 0.409 e. The van der Waals surface area contributed by atoms with Gasteiger partial charge in [0.1, 0.15) is 5.75 Å². The minimum Gasteiger partial charge on any atom is -0.409 e. The second-order valence-electron chi connectivity index (χ2n) is 5.35. The molecule has 2 rings (SSSR count). The molecule has 2 aromatic rings. The lowest BCUT2D eigenvalue weighted by Gasteiger charge is -2.17. The van der Waals surface area contributed by atoms with Gasteiger partial charge in [-0.3, -0.25) is 15.2 Å². The molecule has 0 aliphatic carbocycles. The molecule has 0 radical (unpaired) electrons. The van der Waals surface area contributed by atoms with Crippen LogP contribution in [-0.4, -0.2) is 59.3 Å². The average Bonchev–Trinajstić information content (AvgIpc) is 3.08. The molecule has 1 heterocycles. The van der Waals surface area contributed by atoms with Crippen LogP contribution in [-0.2, 0) is 6.18 Å². The standard InChI is InChI=1S/C15H17F3N6O3/c1-19-7-8-24(2)14(26)27-10-6-4-3-5-9(10)11(25)20-13-21-12(22-23-13)15(16,17)18/h3-6,19H,7-8H2,1-2H3,(H2,20,21,22,23,25). The first-order valence-corrected chi connectivity index (χ1v) is 7.70. The summed E-state index contributed by atoms with van der Waals surface area (Å²) in [5.74, 6) is -2.78. The SMILES string of the molecule is CNCCN(C)C(=O)Oc1ccccc1C(=O)Nc1n[nH]c(C(F)(F)F)n1. The average molecular weight is 386 g/mol. The van der Waals surface area contributed by atoms with Crippen LogP contribution < -0.4 is 15.4 Å². The molecule has 1 aromatic carbocycles. The number of H-pyrrole nitrogens is 1. The number of amides is 2. The molecule has 12 heteroatoms. The van der Waals surface area contributed by atoms with Crippen LogP contribution in [0.1, 0.15) is 16.2 Å². The zero-order valence-corrected chi connectivity index (χ0v) is 14.4. The molecule has 9 nitrogen and oxygen atoms in total. The molecule has 0 spiro atoms. The van der Waals surface area contributed by atoms with Gasteiger partial charge in [-0.05, 0) is 19.2 Å². The first kappa shape index (κ1) is 20.2. The minimum absolute atomic E-state index is 0.0529. The number of para-hydroxylation sites is 1. The van der Waals surface area contributed by atoms with E-state index in [1.54, 1.807) is 18.2 Å². The minimum atomic E-state index is -4.72. The lowest BCUT2D eigenvalue weighted by atomic mass is 10.2. The molecule has 0 atom stereocenters. The molecular weight excluding hydrogens is 369 g/mol. The van der Waals surface area contributed by atoms with Crippen LogP contribution in [0.3, 0.4) is 0 Å². The number of aromatic amines is 1. The molecule has 0 unspecified atom stereocenters. The van der Waals surface area contributed by atoms with Gasteiger partial charge in [-0.25, -0.2) is 4.79 Å². The van der Waals surface area contributed by atoms with Crippen molar-refractivity contribution in [3.05, 3.63) is 35.7 Å². The predicted molar refractivity (Wildman–Crippen MR) is 88.4 cm³/mol. The van der Waals surface area contributed by atoms with Crippen LogP contribution in [0.5, 0.6) is 5.75 Å². The third-order valence-electron chi connectivity index (χ3n) is 3.32. The van der Waals surface area contributed by atoms with Crippen LogP contribution >= 0.6 is 0 Å². The van der Waals surface area contributed by atoms with Crippen molar-refractivity contribution in [2.24, 2.45) is 0 Å². The molecule has 0 saturated carbocycles. The quantitative estimate of drug-likeness (QED) is 0.697. The maximum absolute atomic E-state index is 12.5. The van der Waals surface area contributed by atoms with E-state index in [0.717, 1.165) is 0 Å². The Morgan fingerprint density at radius 3 is 2.63 bits per heavy atom. The van der Waals surface area contributed by atoms with E-state index in [2.05, 4.69) is 20.7 Å². The van der Waals surface area contributed by atoms with Crippen molar-refractivity contribution in [3.8, 4) is 5.75 Å². The highest BCUT2D eigenvalue weighted by molar-refractivity contribution is 6.05. The molecule has 0 aliphatic rings. The number of alkyl halides is 3. The molecule has 1 aromatic heterocycles. The predicted octanol–water partition coefficient (Wildman–Crippen LogP) is 1.73. The molecule has 2 amide bonds. The Kier molecular flexibility index (Phi) is 6.34. The number of anilines is 1. The molecule has 3 N–H and O–H groups in total. The molecule has 146 valence electrons. The summed E-state index contributed by atoms with van der Waals surface area (Å²) in [6.07, 6.45) is -5.41. The van der Waals surface area contributed by atoms with E-state index in [0.29, 0.717) is 13.1 Å². The number of ether oxygens (including phenoxy) is 1. The first-order chi connectivity index (χ1) is 12.7. The number of carbonyl (C=O) groups excluding carboxylic acids is 2. The number of halogens is 3. The highest BCUT2D eigenvalue weighted by Crippen LogP contribution is 2.26. The Labute approximate surface area is 151 Å². The molecule has 0 saturated heterocycles. The summed E-state index contributed by atoms with van der Waals surface area (Å²) in [6, 6.07) is 5.79. The van der Waals surface area contributed by atoms with Crippen molar-refractivity contribution in [2.45, 2.75) is 6.18 Å². The zero-order chi connectivity index (χ0) is 20.0. The number of hydrogen-bond acceptors (Lipinski definition) is 6. The lowest BCUT2D eigenvalue weighted by Crippen LogP contribution is -2.35. The Bertz CT molecular complexity index is 808. The van der Waals surface area contributed by atoms with E-state index in [1.165, 1.54) is 30.1 Å². The van der Waals surface area contributed by atoms with E-state index in [-0.39, 0.29) is 11.3 Å². The number of benzene rings is 1. The molecule has 0 bridgehead atoms. The number of carbonyl (C=O) groups is 2. The zero-order valence-electron chi connectivity index (χ0n) is 14.4. The third kappa shape index (κ3) is 5.41. The van der Waals surface area contributed by atoms with Gasteiger partial charge in [0.2, 0.25) is 11.8 Å². The topological polar surface area (TPSA) is 112 Å². The van der Waals surface area contributed by atoms with Crippen molar-refractivity contribution in [1.29, 1.82) is 0 Å². The van der Waals surface area contributed by atoms with Crippen LogP contribution in [0, 0.1) is 0 Å². The van der Waals surface area contributed by atoms with E-state index in [1.807, 2.05) is 0 Å². The third-order valence-corrected chi connectivity index (χ3v) is 3.32. The maximum Gasteiger partial charge on any atom is 0.451 e. The fourth-order valence-corrected chi connectivity index (χ4v) is 1.90. The fourth-order valence-electron chi connectivity index (χ4n) is 1.90. The van der Waals surface area contributed by atoms with Crippen molar-refractivity contribution >= 4 is 17.9 Å². The summed E-state index contributed by atoms with van der Waals surface area (Å²) in [5.41, 5.74) is -0.0637. The van der Waals surface area contributed by atoms with Gasteiger partial charge >= 0.3 is 12.3 Å². The van der Waals surface area contributed by atoms with Gasteiger partial charge in [0.15, 0.2) is 0 Å². The van der Waals surface area contributed by atoms with Crippen LogP contribution in [0.2, 0.25) is 0 Å². The van der Waals surface area contributed by atoms with Crippen LogP contribution in [0.15, 0.2) is 24.3 Å². The first-order valence-electron chi connectivity index (χ1n) is 7.70. The fraction of sp³-hybridized carbons (Fsp3) is 0.333. The normalized spacial score (nSPS) is 11.1. The Hall–Kier alpha value is -3.15. The maximum atomic E-state index is 12.5. The van der Waals surface area contributed by atoms with Crippen LogP contribution in [0.25, 0.3) is 0 Å². The highest BCUT2D eigenvalue weighted by atomic mass is 19.4. The van der Waals surface area contributed by atoms with E-state index >= 15 is 0 Å². The summed E-state index contributed by atoms with van der Waals surface area (Å²) in [6.45, 7) is 0.918. The second kappa shape index (κ2) is 8.49. The number of likely N-dealkylation sites (N-methyl/N-ethyl adjacent to an activating group) is 2. The lowest BCUT2D eigenvalue weighted by molar-refractivity contribution is -0.144. The number of rotatable bonds is 6. The number of nitrogens with one attached hydrogen (secondary N) is 3. The Balaban J connectivity index is 2.11. The van der Waals surface area contributed by atoms with E-state index in [9.17, 15) is 22.8 Å².